The van der Waals surface area contributed by atoms with E-state index >= 15 is 0 Å². The molecule has 1 heterocycles. The molecule has 4 heteroatoms. The van der Waals surface area contributed by atoms with Gasteiger partial charge in [0.05, 0.1) is 16.6 Å². The lowest BCUT2D eigenvalue weighted by Crippen LogP contribution is -2.02. The fraction of sp³-hybridized carbons (Fsp3) is 0.235. The topological polar surface area (TPSA) is 17.8 Å². The molecule has 1 aromatic heterocycles. The molecule has 3 rings (SSSR count). The number of hydrogen-bond acceptors (Lipinski definition) is 1. The monoisotopic (exact) mass is 286 g/mol. The summed E-state index contributed by atoms with van der Waals surface area (Å²) in [6, 6.07) is 11.1. The van der Waals surface area contributed by atoms with Crippen LogP contribution in [0.4, 0.5) is 8.78 Å². The number of imidazole rings is 1. The van der Waals surface area contributed by atoms with Crippen molar-refractivity contribution in [3.63, 3.8) is 0 Å². The van der Waals surface area contributed by atoms with Gasteiger partial charge >= 0.3 is 0 Å². The van der Waals surface area contributed by atoms with E-state index in [0.29, 0.717) is 5.82 Å². The highest BCUT2D eigenvalue weighted by Gasteiger charge is 2.16. The van der Waals surface area contributed by atoms with Gasteiger partial charge in [-0.2, -0.15) is 0 Å². The first-order valence-corrected chi connectivity index (χ1v) is 7.11. The highest BCUT2D eigenvalue weighted by atomic mass is 19.1. The number of aryl methyl sites for hydroxylation is 1. The van der Waals surface area contributed by atoms with E-state index in [2.05, 4.69) is 11.9 Å². The Morgan fingerprint density at radius 3 is 2.71 bits per heavy atom. The summed E-state index contributed by atoms with van der Waals surface area (Å²) in [4.78, 5) is 4.49. The standard InChI is InChI=1S/C17H16F2N2/c1-2-3-10-21-16-7-5-4-6-15(16)20-17(21)13-11-12(18)8-9-14(13)19/h4-9,11H,2-3,10H2,1H3. The lowest BCUT2D eigenvalue weighted by Gasteiger charge is -2.09. The highest BCUT2D eigenvalue weighted by Crippen LogP contribution is 2.27. The Morgan fingerprint density at radius 1 is 1.10 bits per heavy atom. The maximum atomic E-state index is 14.1. The van der Waals surface area contributed by atoms with Crippen LogP contribution >= 0.6 is 0 Å². The van der Waals surface area contributed by atoms with Gasteiger partial charge in [0.25, 0.3) is 0 Å². The fourth-order valence-corrected chi connectivity index (χ4v) is 2.49. The zero-order chi connectivity index (χ0) is 14.8. The molecular formula is C17H16F2N2. The molecular weight excluding hydrogens is 270 g/mol. The molecule has 21 heavy (non-hydrogen) atoms. The summed E-state index contributed by atoms with van der Waals surface area (Å²) in [5, 5.41) is 0. The largest absolute Gasteiger partial charge is 0.324 e. The molecule has 0 amide bonds. The van der Waals surface area contributed by atoms with E-state index in [1.54, 1.807) is 0 Å². The minimum Gasteiger partial charge on any atom is -0.324 e. The van der Waals surface area contributed by atoms with E-state index in [-0.39, 0.29) is 5.56 Å². The van der Waals surface area contributed by atoms with E-state index in [1.807, 2.05) is 28.8 Å². The van der Waals surface area contributed by atoms with Crippen LogP contribution in [0.1, 0.15) is 19.8 Å². The predicted octanol–water partition coefficient (Wildman–Crippen LogP) is 4.78. The van der Waals surface area contributed by atoms with Gasteiger partial charge in [-0.25, -0.2) is 13.8 Å². The van der Waals surface area contributed by atoms with Gasteiger partial charge in [0.15, 0.2) is 0 Å². The lowest BCUT2D eigenvalue weighted by molar-refractivity contribution is 0.597. The Labute approximate surface area is 122 Å². The second-order valence-corrected chi connectivity index (χ2v) is 5.05. The molecule has 0 radical (unpaired) electrons. The number of para-hydroxylation sites is 2. The number of halogens is 2. The van der Waals surface area contributed by atoms with Crippen LogP contribution in [0.3, 0.4) is 0 Å². The van der Waals surface area contributed by atoms with Crippen molar-refractivity contribution in [3.05, 3.63) is 54.1 Å². The van der Waals surface area contributed by atoms with E-state index in [9.17, 15) is 8.78 Å². The smallest absolute Gasteiger partial charge is 0.144 e. The molecule has 0 aliphatic carbocycles. The Balaban J connectivity index is 2.23. The van der Waals surface area contributed by atoms with Gasteiger partial charge in [-0.1, -0.05) is 25.5 Å². The van der Waals surface area contributed by atoms with E-state index < -0.39 is 11.6 Å². The molecule has 0 unspecified atom stereocenters. The summed E-state index contributed by atoms with van der Waals surface area (Å²) in [5.74, 6) is -0.424. The third-order valence-electron chi connectivity index (χ3n) is 3.56. The molecule has 0 spiro atoms. The average molecular weight is 286 g/mol. The van der Waals surface area contributed by atoms with Gasteiger partial charge in [-0.3, -0.25) is 0 Å². The number of aromatic nitrogens is 2. The van der Waals surface area contributed by atoms with Crippen LogP contribution in [0.2, 0.25) is 0 Å². The van der Waals surface area contributed by atoms with E-state index in [0.717, 1.165) is 42.6 Å². The summed E-state index contributed by atoms with van der Waals surface area (Å²) in [5.41, 5.74) is 1.96. The van der Waals surface area contributed by atoms with Crippen LogP contribution < -0.4 is 0 Å². The summed E-state index contributed by atoms with van der Waals surface area (Å²) in [6.45, 7) is 2.84. The Morgan fingerprint density at radius 2 is 1.90 bits per heavy atom. The number of rotatable bonds is 4. The van der Waals surface area contributed by atoms with E-state index in [4.69, 9.17) is 0 Å². The minimum absolute atomic E-state index is 0.210. The van der Waals surface area contributed by atoms with Crippen molar-refractivity contribution in [3.8, 4) is 11.4 Å². The van der Waals surface area contributed by atoms with Crippen LogP contribution in [0.5, 0.6) is 0 Å². The maximum absolute atomic E-state index is 14.1. The van der Waals surface area contributed by atoms with Crippen molar-refractivity contribution < 1.29 is 8.78 Å². The number of nitrogens with zero attached hydrogens (tertiary/aromatic N) is 2. The first-order valence-electron chi connectivity index (χ1n) is 7.11. The maximum Gasteiger partial charge on any atom is 0.144 e. The summed E-state index contributed by atoms with van der Waals surface area (Å²) in [7, 11) is 0. The van der Waals surface area contributed by atoms with Crippen molar-refractivity contribution in [2.45, 2.75) is 26.3 Å². The van der Waals surface area contributed by atoms with Gasteiger partial charge in [-0.15, -0.1) is 0 Å². The molecule has 0 bridgehead atoms. The van der Waals surface area contributed by atoms with Gasteiger partial charge < -0.3 is 4.57 Å². The van der Waals surface area contributed by atoms with Gasteiger partial charge in [0.2, 0.25) is 0 Å². The molecule has 0 aliphatic rings. The first-order chi connectivity index (χ1) is 10.2. The second kappa shape index (κ2) is 5.64. The van der Waals surface area contributed by atoms with E-state index in [1.165, 1.54) is 6.07 Å². The van der Waals surface area contributed by atoms with Crippen molar-refractivity contribution in [1.29, 1.82) is 0 Å². The molecule has 0 fully saturated rings. The van der Waals surface area contributed by atoms with Gasteiger partial charge in [0.1, 0.15) is 17.5 Å². The third-order valence-corrected chi connectivity index (χ3v) is 3.56. The zero-order valence-corrected chi connectivity index (χ0v) is 11.8. The third kappa shape index (κ3) is 2.53. The Hall–Kier alpha value is -2.23. The summed E-state index contributed by atoms with van der Waals surface area (Å²) in [6.07, 6.45) is 1.99. The molecule has 2 aromatic carbocycles. The van der Waals surface area contributed by atoms with Gasteiger partial charge in [-0.05, 0) is 36.8 Å². The second-order valence-electron chi connectivity index (χ2n) is 5.05. The fourth-order valence-electron chi connectivity index (χ4n) is 2.49. The minimum atomic E-state index is -0.458. The van der Waals surface area contributed by atoms with Crippen LogP contribution in [-0.2, 0) is 6.54 Å². The quantitative estimate of drug-likeness (QED) is 0.674. The van der Waals surface area contributed by atoms with Crippen LogP contribution in [0.25, 0.3) is 22.4 Å². The molecule has 108 valence electrons. The zero-order valence-electron chi connectivity index (χ0n) is 11.8. The van der Waals surface area contributed by atoms with Crippen LogP contribution in [0, 0.1) is 11.6 Å². The summed E-state index contributed by atoms with van der Waals surface area (Å²) >= 11 is 0. The average Bonchev–Trinajstić information content (AvgIpc) is 2.86. The molecule has 0 atom stereocenters. The van der Waals surface area contributed by atoms with Crippen molar-refractivity contribution >= 4 is 11.0 Å². The normalized spacial score (nSPS) is 11.2. The SMILES string of the molecule is CCCCn1c(-c2cc(F)ccc2F)nc2ccccc21. The predicted molar refractivity (Wildman–Crippen MR) is 80.0 cm³/mol. The Bertz CT molecular complexity index is 778. The summed E-state index contributed by atoms with van der Waals surface area (Å²) < 4.78 is 29.5. The van der Waals surface area contributed by atoms with Crippen molar-refractivity contribution in [2.75, 3.05) is 0 Å². The highest BCUT2D eigenvalue weighted by molar-refractivity contribution is 5.80. The van der Waals surface area contributed by atoms with Crippen LogP contribution in [0.15, 0.2) is 42.5 Å². The van der Waals surface area contributed by atoms with Crippen LogP contribution in [-0.4, -0.2) is 9.55 Å². The van der Waals surface area contributed by atoms with Crippen molar-refractivity contribution in [1.82, 2.24) is 9.55 Å². The van der Waals surface area contributed by atoms with Gasteiger partial charge in [0, 0.05) is 6.54 Å². The number of hydrogen-bond donors (Lipinski definition) is 0. The number of unbranched alkanes of at least 4 members (excludes halogenated alkanes) is 1. The number of benzene rings is 2. The lowest BCUT2D eigenvalue weighted by atomic mass is 10.2. The molecule has 0 aliphatic heterocycles. The Kier molecular flexibility index (Phi) is 3.69. The van der Waals surface area contributed by atoms with Crippen molar-refractivity contribution in [2.24, 2.45) is 0 Å². The molecule has 0 saturated carbocycles. The molecule has 0 saturated heterocycles. The molecule has 2 nitrogen and oxygen atoms in total. The number of fused-ring (bicyclic) bond motifs is 1. The molecule has 0 N–H and O–H groups in total. The molecule has 3 aromatic rings. The first kappa shape index (κ1) is 13.7.